The molecular formula is C58H109NO13. The summed E-state index contributed by atoms with van der Waals surface area (Å²) < 4.78 is 22.7. The summed E-state index contributed by atoms with van der Waals surface area (Å²) in [4.78, 5) is 13.2. The molecule has 12 atom stereocenters. The number of allylic oxidation sites excluding steroid dienone is 3. The van der Waals surface area contributed by atoms with Gasteiger partial charge in [-0.25, -0.2) is 0 Å². The third kappa shape index (κ3) is 30.3. The summed E-state index contributed by atoms with van der Waals surface area (Å²) >= 11 is 0. The highest BCUT2D eigenvalue weighted by atomic mass is 16.7. The minimum Gasteiger partial charge on any atom is -0.394 e. The van der Waals surface area contributed by atoms with Crippen molar-refractivity contribution in [3.8, 4) is 0 Å². The van der Waals surface area contributed by atoms with Crippen LogP contribution in [0.1, 0.15) is 245 Å². The Kier molecular flexibility index (Phi) is 41.2. The number of aliphatic hydroxyl groups is 8. The van der Waals surface area contributed by atoms with E-state index < -0.39 is 86.8 Å². The number of hydrogen-bond acceptors (Lipinski definition) is 13. The first-order valence-electron chi connectivity index (χ1n) is 29.6. The van der Waals surface area contributed by atoms with Crippen molar-refractivity contribution in [3.05, 3.63) is 24.3 Å². The van der Waals surface area contributed by atoms with Crippen molar-refractivity contribution in [3.63, 3.8) is 0 Å². The maximum Gasteiger partial charge on any atom is 0.220 e. The van der Waals surface area contributed by atoms with Gasteiger partial charge in [0.05, 0.1) is 32.0 Å². The highest BCUT2D eigenvalue weighted by molar-refractivity contribution is 5.76. The molecule has 2 aliphatic heterocycles. The first-order chi connectivity index (χ1) is 35.1. The smallest absolute Gasteiger partial charge is 0.220 e. The standard InChI is InChI=1S/C58H109NO13/c1-3-5-7-9-11-13-15-17-19-21-22-23-24-25-26-28-30-32-34-36-38-40-42-50(63)59-46(47(62)41-39-37-35-33-31-29-27-20-18-16-14-12-10-8-6-4-2)45-69-57-55(68)53(66)56(49(44-61)71-57)72-58-54(67)52(65)51(64)48(43-60)70-58/h31,33,39,41,46-49,51-58,60-62,64-68H,3-30,32,34-38,40,42-45H2,1-2H3,(H,59,63)/b33-31+,41-39+. The molecule has 0 aromatic carbocycles. The quantitative estimate of drug-likeness (QED) is 0.0205. The second-order valence-corrected chi connectivity index (χ2v) is 21.1. The molecule has 0 aromatic rings. The van der Waals surface area contributed by atoms with Crippen LogP contribution in [0.2, 0.25) is 0 Å². The predicted molar refractivity (Wildman–Crippen MR) is 286 cm³/mol. The number of hydrogen-bond donors (Lipinski definition) is 9. The fraction of sp³-hybridized carbons (Fsp3) is 0.914. The third-order valence-electron chi connectivity index (χ3n) is 14.6. The van der Waals surface area contributed by atoms with Gasteiger partial charge >= 0.3 is 0 Å². The third-order valence-corrected chi connectivity index (χ3v) is 14.6. The Morgan fingerprint density at radius 1 is 0.486 bits per heavy atom. The van der Waals surface area contributed by atoms with Gasteiger partial charge in [0.25, 0.3) is 0 Å². The van der Waals surface area contributed by atoms with Gasteiger partial charge in [-0.15, -0.1) is 0 Å². The molecule has 2 aliphatic rings. The number of carbonyl (C=O) groups is 1. The lowest BCUT2D eigenvalue weighted by Gasteiger charge is -2.46. The van der Waals surface area contributed by atoms with Gasteiger partial charge < -0.3 is 65.1 Å². The SMILES string of the molecule is CCCCCCCCCCCC/C=C/CC/C=C/C(O)C(COC1OC(CO)C(OC2OC(CO)C(O)C(O)C2O)C(O)C1O)NC(=O)CCCCCCCCCCCCCCCCCCCCCCCC. The summed E-state index contributed by atoms with van der Waals surface area (Å²) in [5.41, 5.74) is 0. The van der Waals surface area contributed by atoms with Crippen LogP contribution in [0.5, 0.6) is 0 Å². The van der Waals surface area contributed by atoms with E-state index in [1.165, 1.54) is 180 Å². The van der Waals surface area contributed by atoms with Crippen molar-refractivity contribution >= 4 is 5.91 Å². The molecule has 12 unspecified atom stereocenters. The van der Waals surface area contributed by atoms with Crippen LogP contribution in [0.3, 0.4) is 0 Å². The Balaban J connectivity index is 1.77. The van der Waals surface area contributed by atoms with E-state index in [1.54, 1.807) is 6.08 Å². The number of ether oxygens (including phenoxy) is 4. The molecule has 0 bridgehead atoms. The van der Waals surface area contributed by atoms with Crippen LogP contribution in [-0.4, -0.2) is 140 Å². The van der Waals surface area contributed by atoms with E-state index in [9.17, 15) is 45.6 Å². The molecule has 0 aromatic heterocycles. The molecule has 14 heteroatoms. The average Bonchev–Trinajstić information content (AvgIpc) is 3.38. The van der Waals surface area contributed by atoms with E-state index in [0.29, 0.717) is 12.8 Å². The number of carbonyl (C=O) groups excluding carboxylic acids is 1. The average molecular weight is 1030 g/mol. The molecule has 424 valence electrons. The van der Waals surface area contributed by atoms with Crippen molar-refractivity contribution < 1.29 is 64.6 Å². The zero-order chi connectivity index (χ0) is 52.4. The van der Waals surface area contributed by atoms with E-state index >= 15 is 0 Å². The Morgan fingerprint density at radius 3 is 1.36 bits per heavy atom. The van der Waals surface area contributed by atoms with Crippen molar-refractivity contribution in [2.45, 2.75) is 319 Å². The van der Waals surface area contributed by atoms with Crippen LogP contribution in [0.25, 0.3) is 0 Å². The number of nitrogens with one attached hydrogen (secondary N) is 1. The Hall–Kier alpha value is -1.53. The van der Waals surface area contributed by atoms with Crippen molar-refractivity contribution in [1.82, 2.24) is 5.32 Å². The van der Waals surface area contributed by atoms with Gasteiger partial charge in [0.1, 0.15) is 48.8 Å². The fourth-order valence-electron chi connectivity index (χ4n) is 9.84. The Bertz CT molecular complexity index is 1300. The first-order valence-corrected chi connectivity index (χ1v) is 29.6. The van der Waals surface area contributed by atoms with Crippen LogP contribution in [0.4, 0.5) is 0 Å². The minimum atomic E-state index is -1.79. The largest absolute Gasteiger partial charge is 0.394 e. The maximum atomic E-state index is 13.2. The summed E-state index contributed by atoms with van der Waals surface area (Å²) in [5.74, 6) is -0.245. The summed E-state index contributed by atoms with van der Waals surface area (Å²) in [7, 11) is 0. The molecule has 2 fully saturated rings. The Morgan fingerprint density at radius 2 is 0.889 bits per heavy atom. The molecule has 2 rings (SSSR count). The summed E-state index contributed by atoms with van der Waals surface area (Å²) in [6.45, 7) is 2.80. The van der Waals surface area contributed by atoms with Gasteiger partial charge in [-0.05, 0) is 32.1 Å². The van der Waals surface area contributed by atoms with E-state index in [2.05, 4.69) is 31.3 Å². The normalized spacial score (nSPS) is 25.7. The number of amides is 1. The molecule has 2 saturated heterocycles. The molecule has 14 nitrogen and oxygen atoms in total. The summed E-state index contributed by atoms with van der Waals surface area (Å²) in [6, 6.07) is -0.927. The summed E-state index contributed by atoms with van der Waals surface area (Å²) in [6.07, 6.45) is 35.1. The molecule has 1 amide bonds. The molecule has 9 N–H and O–H groups in total. The van der Waals surface area contributed by atoms with Gasteiger partial charge in [-0.2, -0.15) is 0 Å². The molecule has 0 spiro atoms. The lowest BCUT2D eigenvalue weighted by molar-refractivity contribution is -0.359. The number of unbranched alkanes of at least 4 members (excludes halogenated alkanes) is 32. The van der Waals surface area contributed by atoms with Crippen molar-refractivity contribution in [1.29, 1.82) is 0 Å². The Labute approximate surface area is 437 Å². The van der Waals surface area contributed by atoms with Crippen LogP contribution in [0, 0.1) is 0 Å². The molecule has 72 heavy (non-hydrogen) atoms. The topological polar surface area (TPSA) is 228 Å². The number of rotatable bonds is 47. The first kappa shape index (κ1) is 66.6. The highest BCUT2D eigenvalue weighted by Gasteiger charge is 2.51. The van der Waals surface area contributed by atoms with Gasteiger partial charge in [-0.1, -0.05) is 231 Å². The van der Waals surface area contributed by atoms with Crippen LogP contribution < -0.4 is 5.32 Å². The zero-order valence-corrected chi connectivity index (χ0v) is 45.4. The van der Waals surface area contributed by atoms with Crippen LogP contribution in [-0.2, 0) is 23.7 Å². The number of aliphatic hydroxyl groups excluding tert-OH is 8. The van der Waals surface area contributed by atoms with Gasteiger partial charge in [0, 0.05) is 6.42 Å². The lowest BCUT2D eigenvalue weighted by atomic mass is 9.97. The van der Waals surface area contributed by atoms with Gasteiger partial charge in [-0.3, -0.25) is 4.79 Å². The second kappa shape index (κ2) is 44.6. The zero-order valence-electron chi connectivity index (χ0n) is 45.4. The minimum absolute atomic E-state index is 0.245. The summed E-state index contributed by atoms with van der Waals surface area (Å²) in [5, 5.41) is 87.0. The maximum absolute atomic E-state index is 13.2. The van der Waals surface area contributed by atoms with Gasteiger partial charge in [0.15, 0.2) is 12.6 Å². The van der Waals surface area contributed by atoms with Crippen molar-refractivity contribution in [2.75, 3.05) is 19.8 Å². The molecule has 0 radical (unpaired) electrons. The second-order valence-electron chi connectivity index (χ2n) is 21.1. The van der Waals surface area contributed by atoms with Crippen LogP contribution in [0.15, 0.2) is 24.3 Å². The molecule has 0 saturated carbocycles. The predicted octanol–water partition coefficient (Wildman–Crippen LogP) is 9.67. The van der Waals surface area contributed by atoms with E-state index in [0.717, 1.165) is 32.1 Å². The highest BCUT2D eigenvalue weighted by Crippen LogP contribution is 2.30. The van der Waals surface area contributed by atoms with E-state index in [-0.39, 0.29) is 18.9 Å². The van der Waals surface area contributed by atoms with Crippen molar-refractivity contribution in [2.24, 2.45) is 0 Å². The van der Waals surface area contributed by atoms with Crippen LogP contribution >= 0.6 is 0 Å². The van der Waals surface area contributed by atoms with E-state index in [4.69, 9.17) is 18.9 Å². The molecular weight excluding hydrogens is 919 g/mol. The fourth-order valence-corrected chi connectivity index (χ4v) is 9.84. The van der Waals surface area contributed by atoms with Gasteiger partial charge in [0.2, 0.25) is 5.91 Å². The van der Waals surface area contributed by atoms with E-state index in [1.807, 2.05) is 6.08 Å². The monoisotopic (exact) mass is 1030 g/mol. The molecule has 0 aliphatic carbocycles. The lowest BCUT2D eigenvalue weighted by Crippen LogP contribution is -2.65. The molecule has 2 heterocycles.